The summed E-state index contributed by atoms with van der Waals surface area (Å²) in [7, 11) is 1.77. The fraction of sp³-hybridized carbons (Fsp3) is 0.294. The van der Waals surface area contributed by atoms with Crippen molar-refractivity contribution in [3.05, 3.63) is 59.7 Å². The highest BCUT2D eigenvalue weighted by Crippen LogP contribution is 2.29. The number of morpholine rings is 1. The number of hydrogen-bond acceptors (Lipinski definition) is 4. The Morgan fingerprint density at radius 2 is 2.13 bits per heavy atom. The van der Waals surface area contributed by atoms with Crippen molar-refractivity contribution in [2.75, 3.05) is 25.6 Å². The quantitative estimate of drug-likeness (QED) is 0.941. The molecule has 1 saturated heterocycles. The molecule has 1 N–H and O–H groups in total. The molecule has 1 aliphatic heterocycles. The molecule has 1 aliphatic rings. The van der Waals surface area contributed by atoms with Gasteiger partial charge in [0.1, 0.15) is 12.4 Å². The predicted octanol–water partition coefficient (Wildman–Crippen LogP) is 2.36. The number of carbonyl (C=O) groups excluding carboxylic acids is 1. The standard InChI is InChI=1S/C17H18FN3O2/c1-21-16(10-23-11-17(21)22)14-9-19-7-6-15(14)20-8-12-2-4-13(18)5-3-12/h2-7,9,16H,8,10-11H2,1H3,(H,19,20). The molecule has 1 unspecified atom stereocenters. The first-order valence-electron chi connectivity index (χ1n) is 7.41. The number of nitrogens with one attached hydrogen (secondary N) is 1. The largest absolute Gasteiger partial charge is 0.381 e. The number of benzene rings is 1. The lowest BCUT2D eigenvalue weighted by Crippen LogP contribution is -2.41. The van der Waals surface area contributed by atoms with Gasteiger partial charge in [-0.1, -0.05) is 12.1 Å². The van der Waals surface area contributed by atoms with Crippen LogP contribution in [0, 0.1) is 5.82 Å². The first kappa shape index (κ1) is 15.4. The molecule has 1 fully saturated rings. The number of nitrogens with zero attached hydrogens (tertiary/aromatic N) is 2. The maximum absolute atomic E-state index is 13.0. The van der Waals surface area contributed by atoms with Crippen LogP contribution in [0.4, 0.5) is 10.1 Å². The van der Waals surface area contributed by atoms with Crippen molar-refractivity contribution in [2.24, 2.45) is 0 Å². The molecule has 1 atom stereocenters. The van der Waals surface area contributed by atoms with E-state index in [0.29, 0.717) is 13.2 Å². The minimum atomic E-state index is -0.252. The van der Waals surface area contributed by atoms with Crippen molar-refractivity contribution < 1.29 is 13.9 Å². The Morgan fingerprint density at radius 1 is 1.35 bits per heavy atom. The Hall–Kier alpha value is -2.47. The van der Waals surface area contributed by atoms with Crippen LogP contribution in [0.25, 0.3) is 0 Å². The van der Waals surface area contributed by atoms with E-state index in [1.54, 1.807) is 36.5 Å². The van der Waals surface area contributed by atoms with E-state index in [4.69, 9.17) is 4.74 Å². The molecule has 23 heavy (non-hydrogen) atoms. The number of carbonyl (C=O) groups is 1. The third kappa shape index (κ3) is 3.48. The second-order valence-corrected chi connectivity index (χ2v) is 5.48. The summed E-state index contributed by atoms with van der Waals surface area (Å²) >= 11 is 0. The number of pyridine rings is 1. The lowest BCUT2D eigenvalue weighted by atomic mass is 10.1. The number of ether oxygens (including phenoxy) is 1. The first-order chi connectivity index (χ1) is 11.1. The van der Waals surface area contributed by atoms with Crippen LogP contribution in [0.2, 0.25) is 0 Å². The normalized spacial score (nSPS) is 18.1. The van der Waals surface area contributed by atoms with Gasteiger partial charge in [-0.05, 0) is 23.8 Å². The van der Waals surface area contributed by atoms with E-state index in [1.165, 1.54) is 12.1 Å². The Kier molecular flexibility index (Phi) is 4.52. The van der Waals surface area contributed by atoms with Gasteiger partial charge in [-0.15, -0.1) is 0 Å². The number of amides is 1. The monoisotopic (exact) mass is 315 g/mol. The minimum Gasteiger partial charge on any atom is -0.381 e. The molecule has 5 nitrogen and oxygen atoms in total. The Labute approximate surface area is 134 Å². The zero-order chi connectivity index (χ0) is 16.2. The van der Waals surface area contributed by atoms with Crippen LogP contribution in [-0.2, 0) is 16.1 Å². The SMILES string of the molecule is CN1C(=O)COCC1c1cnccc1NCc1ccc(F)cc1. The summed E-state index contributed by atoms with van der Waals surface area (Å²) in [5, 5.41) is 3.33. The van der Waals surface area contributed by atoms with Gasteiger partial charge in [0.2, 0.25) is 5.91 Å². The van der Waals surface area contributed by atoms with E-state index in [9.17, 15) is 9.18 Å². The van der Waals surface area contributed by atoms with Crippen molar-refractivity contribution in [3.8, 4) is 0 Å². The minimum absolute atomic E-state index is 0.0467. The first-order valence-corrected chi connectivity index (χ1v) is 7.41. The molecule has 120 valence electrons. The highest BCUT2D eigenvalue weighted by molar-refractivity contribution is 5.78. The summed E-state index contributed by atoms with van der Waals surface area (Å²) in [5.41, 5.74) is 2.77. The van der Waals surface area contributed by atoms with Gasteiger partial charge in [0.15, 0.2) is 0 Å². The van der Waals surface area contributed by atoms with Crippen LogP contribution in [0.3, 0.4) is 0 Å². The number of anilines is 1. The van der Waals surface area contributed by atoms with E-state index in [-0.39, 0.29) is 24.4 Å². The molecule has 0 spiro atoms. The van der Waals surface area contributed by atoms with E-state index >= 15 is 0 Å². The Morgan fingerprint density at radius 3 is 2.91 bits per heavy atom. The van der Waals surface area contributed by atoms with Crippen molar-refractivity contribution in [1.29, 1.82) is 0 Å². The molecule has 0 bridgehead atoms. The van der Waals surface area contributed by atoms with Crippen molar-refractivity contribution in [2.45, 2.75) is 12.6 Å². The number of likely N-dealkylation sites (N-methyl/N-ethyl adjacent to an activating group) is 1. The van der Waals surface area contributed by atoms with Crippen LogP contribution in [0.5, 0.6) is 0 Å². The lowest BCUT2D eigenvalue weighted by Gasteiger charge is -2.33. The van der Waals surface area contributed by atoms with Crippen LogP contribution in [0.1, 0.15) is 17.2 Å². The number of hydrogen-bond donors (Lipinski definition) is 1. The Balaban J connectivity index is 1.77. The van der Waals surface area contributed by atoms with Gasteiger partial charge in [0.05, 0.1) is 12.6 Å². The highest BCUT2D eigenvalue weighted by Gasteiger charge is 2.28. The molecule has 0 aliphatic carbocycles. The average Bonchev–Trinajstić information content (AvgIpc) is 2.57. The van der Waals surface area contributed by atoms with Crippen molar-refractivity contribution >= 4 is 11.6 Å². The highest BCUT2D eigenvalue weighted by atomic mass is 19.1. The van der Waals surface area contributed by atoms with E-state index in [2.05, 4.69) is 10.3 Å². The molecule has 3 rings (SSSR count). The van der Waals surface area contributed by atoms with Crippen LogP contribution in [0.15, 0.2) is 42.7 Å². The van der Waals surface area contributed by atoms with Crippen LogP contribution >= 0.6 is 0 Å². The maximum Gasteiger partial charge on any atom is 0.248 e. The van der Waals surface area contributed by atoms with Crippen molar-refractivity contribution in [3.63, 3.8) is 0 Å². The second-order valence-electron chi connectivity index (χ2n) is 5.48. The average molecular weight is 315 g/mol. The van der Waals surface area contributed by atoms with E-state index < -0.39 is 0 Å². The van der Waals surface area contributed by atoms with Gasteiger partial charge in [0.25, 0.3) is 0 Å². The van der Waals surface area contributed by atoms with Gasteiger partial charge < -0.3 is 15.0 Å². The molecular formula is C17H18FN3O2. The third-order valence-electron chi connectivity index (χ3n) is 3.97. The summed E-state index contributed by atoms with van der Waals surface area (Å²) in [5.74, 6) is -0.299. The summed E-state index contributed by atoms with van der Waals surface area (Å²) in [4.78, 5) is 17.7. The number of aromatic nitrogens is 1. The lowest BCUT2D eigenvalue weighted by molar-refractivity contribution is -0.146. The fourth-order valence-corrected chi connectivity index (χ4v) is 2.58. The third-order valence-corrected chi connectivity index (χ3v) is 3.97. The summed E-state index contributed by atoms with van der Waals surface area (Å²) in [6.07, 6.45) is 3.44. The molecule has 1 aromatic carbocycles. The molecule has 0 saturated carbocycles. The van der Waals surface area contributed by atoms with Crippen LogP contribution in [-0.4, -0.2) is 36.1 Å². The fourth-order valence-electron chi connectivity index (χ4n) is 2.58. The molecule has 2 heterocycles. The summed E-state index contributed by atoms with van der Waals surface area (Å²) in [6.45, 7) is 1.12. The molecule has 0 radical (unpaired) electrons. The van der Waals surface area contributed by atoms with Crippen LogP contribution < -0.4 is 5.32 Å². The topological polar surface area (TPSA) is 54.5 Å². The molecule has 6 heteroatoms. The molecule has 1 amide bonds. The number of halogens is 1. The van der Waals surface area contributed by atoms with Gasteiger partial charge >= 0.3 is 0 Å². The zero-order valence-corrected chi connectivity index (χ0v) is 12.8. The van der Waals surface area contributed by atoms with E-state index in [1.807, 2.05) is 6.07 Å². The Bertz CT molecular complexity index is 690. The van der Waals surface area contributed by atoms with Crippen molar-refractivity contribution in [1.82, 2.24) is 9.88 Å². The van der Waals surface area contributed by atoms with E-state index in [0.717, 1.165) is 16.8 Å². The predicted molar refractivity (Wildman–Crippen MR) is 84.3 cm³/mol. The molecule has 1 aromatic heterocycles. The second kappa shape index (κ2) is 6.75. The van der Waals surface area contributed by atoms with Gasteiger partial charge in [-0.25, -0.2) is 4.39 Å². The summed E-state index contributed by atoms with van der Waals surface area (Å²) < 4.78 is 18.3. The van der Waals surface area contributed by atoms with Gasteiger partial charge in [-0.3, -0.25) is 9.78 Å². The molecular weight excluding hydrogens is 297 g/mol. The van der Waals surface area contributed by atoms with Gasteiger partial charge in [-0.2, -0.15) is 0 Å². The zero-order valence-electron chi connectivity index (χ0n) is 12.8. The molecule has 2 aromatic rings. The summed E-state index contributed by atoms with van der Waals surface area (Å²) in [6, 6.07) is 8.05. The number of rotatable bonds is 4. The smallest absolute Gasteiger partial charge is 0.248 e. The maximum atomic E-state index is 13.0. The van der Waals surface area contributed by atoms with Gasteiger partial charge in [0, 0.05) is 37.2 Å².